The smallest absolute Gasteiger partial charge is 0.212 e. The number of nitrogens with one attached hydrogen (secondary N) is 2. The van der Waals surface area contributed by atoms with Gasteiger partial charge in [0.2, 0.25) is 10.0 Å². The lowest BCUT2D eigenvalue weighted by molar-refractivity contribution is 0.400. The van der Waals surface area contributed by atoms with E-state index in [0.29, 0.717) is 10.9 Å². The van der Waals surface area contributed by atoms with E-state index in [9.17, 15) is 8.42 Å². The Morgan fingerprint density at radius 1 is 1.39 bits per heavy atom. The Labute approximate surface area is 117 Å². The molecule has 2 rings (SSSR count). The maximum atomic E-state index is 11.9. The third-order valence-electron chi connectivity index (χ3n) is 3.01. The zero-order chi connectivity index (χ0) is 13.0. The SMILES string of the molecule is O=S(=O)(CC1CCNCC1)NCc1ccc(Cl)s1. The molecule has 1 aromatic heterocycles. The Kier molecular flexibility index (Phi) is 5.03. The Morgan fingerprint density at radius 2 is 2.11 bits per heavy atom. The molecular formula is C11H17ClN2O2S2. The summed E-state index contributed by atoms with van der Waals surface area (Å²) >= 11 is 7.20. The molecular weight excluding hydrogens is 292 g/mol. The summed E-state index contributed by atoms with van der Waals surface area (Å²) in [5, 5.41) is 3.23. The average molecular weight is 309 g/mol. The van der Waals surface area contributed by atoms with E-state index in [4.69, 9.17) is 11.6 Å². The average Bonchev–Trinajstić information content (AvgIpc) is 2.74. The third-order valence-corrected chi connectivity index (χ3v) is 5.73. The molecule has 0 radical (unpaired) electrons. The quantitative estimate of drug-likeness (QED) is 0.872. The van der Waals surface area contributed by atoms with Crippen LogP contribution in [0.5, 0.6) is 0 Å². The van der Waals surface area contributed by atoms with Crippen LogP contribution in [0.2, 0.25) is 4.34 Å². The number of sulfonamides is 1. The van der Waals surface area contributed by atoms with Crippen LogP contribution < -0.4 is 10.0 Å². The van der Waals surface area contributed by atoms with Gasteiger partial charge >= 0.3 is 0 Å². The molecule has 1 aliphatic rings. The van der Waals surface area contributed by atoms with E-state index in [0.717, 1.165) is 30.8 Å². The van der Waals surface area contributed by atoms with Crippen LogP contribution in [0.25, 0.3) is 0 Å². The molecule has 1 saturated heterocycles. The lowest BCUT2D eigenvalue weighted by atomic mass is 10.0. The molecule has 0 spiro atoms. The van der Waals surface area contributed by atoms with Crippen LogP contribution in [0.3, 0.4) is 0 Å². The summed E-state index contributed by atoms with van der Waals surface area (Å²) in [4.78, 5) is 0.939. The Morgan fingerprint density at radius 3 is 2.72 bits per heavy atom. The lowest BCUT2D eigenvalue weighted by Gasteiger charge is -2.22. The minimum atomic E-state index is -3.18. The van der Waals surface area contributed by atoms with Crippen molar-refractivity contribution in [1.29, 1.82) is 0 Å². The second-order valence-corrected chi connectivity index (χ2v) is 8.15. The van der Waals surface area contributed by atoms with E-state index in [-0.39, 0.29) is 11.7 Å². The number of piperidine rings is 1. The summed E-state index contributed by atoms with van der Waals surface area (Å²) in [5.74, 6) is 0.504. The van der Waals surface area contributed by atoms with Crippen molar-refractivity contribution in [2.45, 2.75) is 19.4 Å². The van der Waals surface area contributed by atoms with E-state index in [2.05, 4.69) is 10.0 Å². The molecule has 0 amide bonds. The van der Waals surface area contributed by atoms with Crippen molar-refractivity contribution < 1.29 is 8.42 Å². The van der Waals surface area contributed by atoms with Crippen LogP contribution in [-0.2, 0) is 16.6 Å². The van der Waals surface area contributed by atoms with Gasteiger partial charge in [-0.2, -0.15) is 0 Å². The van der Waals surface area contributed by atoms with Crippen molar-refractivity contribution in [3.63, 3.8) is 0 Å². The highest BCUT2D eigenvalue weighted by molar-refractivity contribution is 7.89. The fourth-order valence-electron chi connectivity index (χ4n) is 2.05. The maximum absolute atomic E-state index is 11.9. The van der Waals surface area contributed by atoms with Crippen molar-refractivity contribution in [1.82, 2.24) is 10.0 Å². The van der Waals surface area contributed by atoms with E-state index >= 15 is 0 Å². The van der Waals surface area contributed by atoms with E-state index < -0.39 is 10.0 Å². The minimum absolute atomic E-state index is 0.230. The van der Waals surface area contributed by atoms with Crippen LogP contribution >= 0.6 is 22.9 Å². The Hall–Kier alpha value is -0.140. The monoisotopic (exact) mass is 308 g/mol. The third kappa shape index (κ3) is 4.51. The van der Waals surface area contributed by atoms with Crippen molar-refractivity contribution in [2.75, 3.05) is 18.8 Å². The Balaban J connectivity index is 1.83. The first-order chi connectivity index (χ1) is 8.55. The van der Waals surface area contributed by atoms with Gasteiger partial charge in [0.1, 0.15) is 0 Å². The normalized spacial score (nSPS) is 18.1. The minimum Gasteiger partial charge on any atom is -0.317 e. The molecule has 0 unspecified atom stereocenters. The van der Waals surface area contributed by atoms with Gasteiger partial charge in [0.25, 0.3) is 0 Å². The molecule has 1 aromatic rings. The van der Waals surface area contributed by atoms with Gasteiger partial charge < -0.3 is 5.32 Å². The molecule has 2 heterocycles. The molecule has 1 aliphatic heterocycles. The van der Waals surface area contributed by atoms with Gasteiger partial charge in [-0.05, 0) is 44.0 Å². The van der Waals surface area contributed by atoms with Gasteiger partial charge in [-0.1, -0.05) is 11.6 Å². The summed E-state index contributed by atoms with van der Waals surface area (Å²) in [6.07, 6.45) is 1.87. The van der Waals surface area contributed by atoms with Gasteiger partial charge in [0.05, 0.1) is 10.1 Å². The molecule has 18 heavy (non-hydrogen) atoms. The fourth-order valence-corrected chi connectivity index (χ4v) is 4.61. The van der Waals surface area contributed by atoms with Gasteiger partial charge in [0, 0.05) is 11.4 Å². The van der Waals surface area contributed by atoms with Crippen molar-refractivity contribution in [3.05, 3.63) is 21.3 Å². The van der Waals surface area contributed by atoms with E-state index in [1.807, 2.05) is 6.07 Å². The number of rotatable bonds is 5. The molecule has 1 fully saturated rings. The molecule has 0 bridgehead atoms. The lowest BCUT2D eigenvalue weighted by Crippen LogP contribution is -2.35. The highest BCUT2D eigenvalue weighted by Gasteiger charge is 2.20. The zero-order valence-corrected chi connectivity index (χ0v) is 12.4. The van der Waals surface area contributed by atoms with Crippen LogP contribution in [0.15, 0.2) is 12.1 Å². The topological polar surface area (TPSA) is 58.2 Å². The molecule has 0 saturated carbocycles. The van der Waals surface area contributed by atoms with Crippen LogP contribution in [0.1, 0.15) is 17.7 Å². The number of halogens is 1. The second kappa shape index (κ2) is 6.34. The molecule has 4 nitrogen and oxygen atoms in total. The van der Waals surface area contributed by atoms with Gasteiger partial charge in [-0.25, -0.2) is 13.1 Å². The predicted molar refractivity (Wildman–Crippen MR) is 75.5 cm³/mol. The summed E-state index contributed by atoms with van der Waals surface area (Å²) in [5.41, 5.74) is 0. The molecule has 0 aromatic carbocycles. The predicted octanol–water partition coefficient (Wildman–Crippen LogP) is 1.82. The first kappa shape index (κ1) is 14.3. The Bertz CT molecular complexity index is 481. The molecule has 102 valence electrons. The number of hydrogen-bond acceptors (Lipinski definition) is 4. The van der Waals surface area contributed by atoms with Crippen LogP contribution in [0.4, 0.5) is 0 Å². The summed E-state index contributed by atoms with van der Waals surface area (Å²) in [6.45, 7) is 2.17. The molecule has 0 aliphatic carbocycles. The molecule has 7 heteroatoms. The zero-order valence-electron chi connectivity index (χ0n) is 9.99. The van der Waals surface area contributed by atoms with Crippen molar-refractivity contribution >= 4 is 33.0 Å². The summed E-state index contributed by atoms with van der Waals surface area (Å²) < 4.78 is 27.2. The highest BCUT2D eigenvalue weighted by atomic mass is 35.5. The van der Waals surface area contributed by atoms with E-state index in [1.165, 1.54) is 11.3 Å². The first-order valence-electron chi connectivity index (χ1n) is 5.97. The second-order valence-electron chi connectivity index (χ2n) is 4.50. The standard InChI is InChI=1S/C11H17ClN2O2S2/c12-11-2-1-10(17-11)7-14-18(15,16)8-9-3-5-13-6-4-9/h1-2,9,13-14H,3-8H2. The highest BCUT2D eigenvalue weighted by Crippen LogP contribution is 2.21. The number of hydrogen-bond donors (Lipinski definition) is 2. The molecule has 0 atom stereocenters. The maximum Gasteiger partial charge on any atom is 0.212 e. The van der Waals surface area contributed by atoms with Crippen molar-refractivity contribution in [2.24, 2.45) is 5.92 Å². The van der Waals surface area contributed by atoms with Crippen molar-refractivity contribution in [3.8, 4) is 0 Å². The summed E-state index contributed by atoms with van der Waals surface area (Å²) in [7, 11) is -3.18. The fraction of sp³-hybridized carbons (Fsp3) is 0.636. The largest absolute Gasteiger partial charge is 0.317 e. The summed E-state index contributed by atoms with van der Waals surface area (Å²) in [6, 6.07) is 3.63. The van der Waals surface area contributed by atoms with E-state index in [1.54, 1.807) is 6.07 Å². The van der Waals surface area contributed by atoms with Gasteiger partial charge in [-0.3, -0.25) is 0 Å². The van der Waals surface area contributed by atoms with Gasteiger partial charge in [-0.15, -0.1) is 11.3 Å². The van der Waals surface area contributed by atoms with Crippen LogP contribution in [-0.4, -0.2) is 27.3 Å². The molecule has 2 N–H and O–H groups in total. The van der Waals surface area contributed by atoms with Crippen LogP contribution in [0, 0.1) is 5.92 Å². The van der Waals surface area contributed by atoms with Gasteiger partial charge in [0.15, 0.2) is 0 Å². The number of thiophene rings is 1. The first-order valence-corrected chi connectivity index (χ1v) is 8.82.